The first-order chi connectivity index (χ1) is 12.1. The Balaban J connectivity index is 1.76. The van der Waals surface area contributed by atoms with Gasteiger partial charge in [0.15, 0.2) is 11.6 Å². The lowest BCUT2D eigenvalue weighted by Gasteiger charge is -2.07. The maximum Gasteiger partial charge on any atom is 0.311 e. The maximum atomic E-state index is 12.7. The highest BCUT2D eigenvalue weighted by Crippen LogP contribution is 2.29. The smallest absolute Gasteiger partial charge is 0.311 e. The van der Waals surface area contributed by atoms with Crippen LogP contribution in [0.2, 0.25) is 0 Å². The van der Waals surface area contributed by atoms with Crippen molar-refractivity contribution in [1.82, 2.24) is 4.98 Å². The summed E-state index contributed by atoms with van der Waals surface area (Å²) in [5.74, 6) is 0.236. The standard InChI is InChI=1S/C19H17BrN2O3/c1-2-25-18(24)11-14-10-16-15(6-7-21-19(16)22-14)17(23)9-12-4-3-5-13(20)8-12/h3-8H,2,9-11H2,1H3. The summed E-state index contributed by atoms with van der Waals surface area (Å²) in [6, 6.07) is 9.41. The monoisotopic (exact) mass is 400 g/mol. The van der Waals surface area contributed by atoms with Crippen LogP contribution in [-0.2, 0) is 22.4 Å². The van der Waals surface area contributed by atoms with Crippen molar-refractivity contribution in [3.05, 3.63) is 57.7 Å². The van der Waals surface area contributed by atoms with Crippen molar-refractivity contribution in [3.63, 3.8) is 0 Å². The second kappa shape index (κ2) is 7.70. The third-order valence-electron chi connectivity index (χ3n) is 3.89. The number of benzene rings is 1. The number of fused-ring (bicyclic) bond motifs is 1. The van der Waals surface area contributed by atoms with Crippen LogP contribution in [0.25, 0.3) is 0 Å². The molecular weight excluding hydrogens is 384 g/mol. The fourth-order valence-electron chi connectivity index (χ4n) is 2.81. The number of pyridine rings is 1. The van der Waals surface area contributed by atoms with Crippen molar-refractivity contribution in [1.29, 1.82) is 0 Å². The number of rotatable bonds is 6. The van der Waals surface area contributed by atoms with Gasteiger partial charge in [-0.05, 0) is 30.7 Å². The molecule has 25 heavy (non-hydrogen) atoms. The summed E-state index contributed by atoms with van der Waals surface area (Å²) >= 11 is 3.42. The molecule has 1 aliphatic heterocycles. The van der Waals surface area contributed by atoms with Crippen molar-refractivity contribution in [2.24, 2.45) is 4.99 Å². The lowest BCUT2D eigenvalue weighted by molar-refractivity contribution is -0.141. The van der Waals surface area contributed by atoms with Gasteiger partial charge in [0, 0.05) is 40.3 Å². The zero-order valence-electron chi connectivity index (χ0n) is 13.8. The van der Waals surface area contributed by atoms with Gasteiger partial charge in [-0.15, -0.1) is 0 Å². The van der Waals surface area contributed by atoms with E-state index in [0.717, 1.165) is 15.6 Å². The number of carbonyl (C=O) groups is 2. The van der Waals surface area contributed by atoms with E-state index >= 15 is 0 Å². The molecule has 6 heteroatoms. The molecule has 5 nitrogen and oxygen atoms in total. The first-order valence-corrected chi connectivity index (χ1v) is 8.83. The molecule has 1 aromatic heterocycles. The van der Waals surface area contributed by atoms with E-state index in [-0.39, 0.29) is 18.2 Å². The molecule has 0 unspecified atom stereocenters. The number of nitrogens with zero attached hydrogens (tertiary/aromatic N) is 2. The Morgan fingerprint density at radius 1 is 1.24 bits per heavy atom. The maximum absolute atomic E-state index is 12.7. The molecule has 0 saturated carbocycles. The Hall–Kier alpha value is -2.34. The Morgan fingerprint density at radius 2 is 2.08 bits per heavy atom. The summed E-state index contributed by atoms with van der Waals surface area (Å²) in [7, 11) is 0. The number of aromatic nitrogens is 1. The lowest BCUT2D eigenvalue weighted by atomic mass is 9.97. The molecule has 0 bridgehead atoms. The van der Waals surface area contributed by atoms with Gasteiger partial charge < -0.3 is 4.74 Å². The topological polar surface area (TPSA) is 68.6 Å². The second-order valence-electron chi connectivity index (χ2n) is 5.73. The van der Waals surface area contributed by atoms with E-state index in [4.69, 9.17) is 4.74 Å². The predicted octanol–water partition coefficient (Wildman–Crippen LogP) is 3.85. The molecular formula is C19H17BrN2O3. The van der Waals surface area contributed by atoms with E-state index in [2.05, 4.69) is 25.9 Å². The number of hydrogen-bond donors (Lipinski definition) is 0. The third kappa shape index (κ3) is 4.20. The van der Waals surface area contributed by atoms with Gasteiger partial charge in [-0.2, -0.15) is 0 Å². The molecule has 0 amide bonds. The Kier molecular flexibility index (Phi) is 5.38. The molecule has 0 fully saturated rings. The van der Waals surface area contributed by atoms with Crippen LogP contribution >= 0.6 is 15.9 Å². The van der Waals surface area contributed by atoms with Crippen molar-refractivity contribution in [3.8, 4) is 0 Å². The van der Waals surface area contributed by atoms with Gasteiger partial charge in [0.2, 0.25) is 0 Å². The van der Waals surface area contributed by atoms with Crippen molar-refractivity contribution < 1.29 is 14.3 Å². The molecule has 0 spiro atoms. The zero-order chi connectivity index (χ0) is 17.8. The number of halogens is 1. The number of Topliss-reactive ketones (excluding diaryl/α,β-unsaturated/α-hetero) is 1. The number of ketones is 1. The van der Waals surface area contributed by atoms with Gasteiger partial charge in [0.25, 0.3) is 0 Å². The predicted molar refractivity (Wildman–Crippen MR) is 98.5 cm³/mol. The molecule has 2 aromatic rings. The minimum Gasteiger partial charge on any atom is -0.466 e. The molecule has 0 aliphatic carbocycles. The molecule has 1 aliphatic rings. The lowest BCUT2D eigenvalue weighted by Crippen LogP contribution is -2.12. The summed E-state index contributed by atoms with van der Waals surface area (Å²) in [4.78, 5) is 33.0. The van der Waals surface area contributed by atoms with E-state index in [1.54, 1.807) is 19.2 Å². The summed E-state index contributed by atoms with van der Waals surface area (Å²) in [5.41, 5.74) is 3.04. The number of aliphatic imine (C=N–C) groups is 1. The highest BCUT2D eigenvalue weighted by Gasteiger charge is 2.24. The van der Waals surface area contributed by atoms with E-state index < -0.39 is 0 Å². The van der Waals surface area contributed by atoms with Gasteiger partial charge in [-0.25, -0.2) is 9.98 Å². The minimum atomic E-state index is -0.309. The van der Waals surface area contributed by atoms with Crippen molar-refractivity contribution >= 4 is 39.2 Å². The molecule has 0 saturated heterocycles. The summed E-state index contributed by atoms with van der Waals surface area (Å²) in [6.45, 7) is 2.11. The third-order valence-corrected chi connectivity index (χ3v) is 4.38. The number of esters is 1. The van der Waals surface area contributed by atoms with E-state index in [0.29, 0.717) is 36.5 Å². The average molecular weight is 401 g/mol. The van der Waals surface area contributed by atoms with Crippen molar-refractivity contribution in [2.45, 2.75) is 26.2 Å². The first kappa shape index (κ1) is 17.5. The summed E-state index contributed by atoms with van der Waals surface area (Å²) in [6.07, 6.45) is 2.48. The quantitative estimate of drug-likeness (QED) is 0.545. The molecule has 0 atom stereocenters. The van der Waals surface area contributed by atoms with Crippen LogP contribution < -0.4 is 0 Å². The van der Waals surface area contributed by atoms with Gasteiger partial charge >= 0.3 is 5.97 Å². The van der Waals surface area contributed by atoms with E-state index in [9.17, 15) is 9.59 Å². The largest absolute Gasteiger partial charge is 0.466 e. The van der Waals surface area contributed by atoms with Crippen LogP contribution in [0.5, 0.6) is 0 Å². The van der Waals surface area contributed by atoms with E-state index in [1.165, 1.54) is 0 Å². The van der Waals surface area contributed by atoms with Gasteiger partial charge in [0.1, 0.15) is 0 Å². The molecule has 0 radical (unpaired) electrons. The average Bonchev–Trinajstić information content (AvgIpc) is 2.97. The summed E-state index contributed by atoms with van der Waals surface area (Å²) in [5, 5.41) is 0. The van der Waals surface area contributed by atoms with Crippen LogP contribution in [0.4, 0.5) is 5.82 Å². The Morgan fingerprint density at radius 3 is 2.84 bits per heavy atom. The molecule has 128 valence electrons. The van der Waals surface area contributed by atoms with Gasteiger partial charge in [-0.3, -0.25) is 9.59 Å². The molecule has 2 heterocycles. The van der Waals surface area contributed by atoms with Crippen molar-refractivity contribution in [2.75, 3.05) is 6.61 Å². The van der Waals surface area contributed by atoms with Gasteiger partial charge in [0.05, 0.1) is 13.0 Å². The SMILES string of the molecule is CCOC(=O)CC1=Nc2nccc(C(=O)Cc3cccc(Br)c3)c2C1. The molecule has 0 N–H and O–H groups in total. The minimum absolute atomic E-state index is 0.0179. The van der Waals surface area contributed by atoms with Crippen LogP contribution in [0.3, 0.4) is 0 Å². The fraction of sp³-hybridized carbons (Fsp3) is 0.263. The highest BCUT2D eigenvalue weighted by atomic mass is 79.9. The van der Waals surface area contributed by atoms with E-state index in [1.807, 2.05) is 24.3 Å². The molecule has 1 aromatic carbocycles. The number of hydrogen-bond acceptors (Lipinski definition) is 5. The van der Waals surface area contributed by atoms with Gasteiger partial charge in [-0.1, -0.05) is 28.1 Å². The zero-order valence-corrected chi connectivity index (χ0v) is 15.4. The van der Waals surface area contributed by atoms with Crippen LogP contribution in [0.1, 0.15) is 34.8 Å². The van der Waals surface area contributed by atoms with Crippen LogP contribution in [0.15, 0.2) is 46.0 Å². The summed E-state index contributed by atoms with van der Waals surface area (Å²) < 4.78 is 5.90. The first-order valence-electron chi connectivity index (χ1n) is 8.04. The van der Waals surface area contributed by atoms with Crippen LogP contribution in [0, 0.1) is 0 Å². The fourth-order valence-corrected chi connectivity index (χ4v) is 3.26. The number of carbonyl (C=O) groups excluding carboxylic acids is 2. The van der Waals surface area contributed by atoms with Crippen LogP contribution in [-0.4, -0.2) is 29.1 Å². The normalized spacial score (nSPS) is 12.5. The second-order valence-corrected chi connectivity index (χ2v) is 6.64. The Bertz CT molecular complexity index is 861. The molecule has 3 rings (SSSR count). The Labute approximate surface area is 154 Å². The number of ether oxygens (including phenoxy) is 1. The highest BCUT2D eigenvalue weighted by molar-refractivity contribution is 9.10.